The zero-order valence-electron chi connectivity index (χ0n) is 82.9. The number of morpholine rings is 1. The van der Waals surface area contributed by atoms with Gasteiger partial charge in [0.15, 0.2) is 0 Å². The number of nitrogens with one attached hydrogen (secondary N) is 10. The van der Waals surface area contributed by atoms with E-state index >= 15 is 0 Å². The first-order valence-electron chi connectivity index (χ1n) is 48.6. The van der Waals surface area contributed by atoms with E-state index in [1.54, 1.807) is 158 Å². The summed E-state index contributed by atoms with van der Waals surface area (Å²) in [7, 11) is 0. The number of hydrogen-bond acceptors (Lipinski definition) is 19. The van der Waals surface area contributed by atoms with Gasteiger partial charge in [0.05, 0.1) is 111 Å². The van der Waals surface area contributed by atoms with Gasteiger partial charge in [-0.05, 0) is 361 Å². The molecule has 17 rings (SSSR count). The Bertz CT molecular complexity index is 6080. The van der Waals surface area contributed by atoms with Crippen LogP contribution in [0.25, 0.3) is 0 Å². The van der Waals surface area contributed by atoms with Gasteiger partial charge in [0.1, 0.15) is 72.1 Å². The molecule has 5 aliphatic heterocycles. The van der Waals surface area contributed by atoms with Crippen LogP contribution < -0.4 is 87.3 Å². The lowest BCUT2D eigenvalue weighted by atomic mass is 10.1. The highest BCUT2D eigenvalue weighted by atomic mass is 35.5. The molecule has 149 heavy (non-hydrogen) atoms. The Morgan fingerprint density at radius 1 is 0.282 bits per heavy atom. The number of piperidine rings is 4. The van der Waals surface area contributed by atoms with Crippen molar-refractivity contribution in [3.05, 3.63) is 345 Å². The molecule has 12 N–H and O–H groups in total. The fourth-order valence-corrected chi connectivity index (χ4v) is 18.6. The van der Waals surface area contributed by atoms with Gasteiger partial charge in [-0.2, -0.15) is 0 Å². The summed E-state index contributed by atoms with van der Waals surface area (Å²) in [6.45, 7) is 24.2. The van der Waals surface area contributed by atoms with Crippen LogP contribution in [0, 0.1) is 41.5 Å². The topological polar surface area (TPSA) is 317 Å². The van der Waals surface area contributed by atoms with Crippen molar-refractivity contribution in [3.63, 3.8) is 0 Å². The predicted octanol–water partition coefficient (Wildman–Crippen LogP) is 26.9. The number of amides is 6. The molecule has 25 nitrogen and oxygen atoms in total. The Balaban J connectivity index is 0.000000159. The molecule has 0 spiro atoms. The monoisotopic (exact) mass is 2260 g/mol. The van der Waals surface area contributed by atoms with E-state index in [-0.39, 0.29) is 59.9 Å². The SMILES string of the molecule is Cc1ccc(NC(=O)c2cc(Cl)ccc2OC2CCNCC2)c(Cl)c1.Cc1ccc(NC(=O)c2cc(Cl)ccc2OC2CCNCC2)c(Cl)c1.Cc1ccc(NC(=O)c2cc(Cl)ccc2OC2CCNCC2)c(Cl)c1.Cc1ccc(NC(=O)c2cc(Cl)ccc2OC2CCNCC2)c(Cl)c1.Cc1ccc(NC(=O)c2cc(Cl)ccc2OCCN)c(Cl)c1.Cc1ccc(NC(=O)c2cc(Cl)ccc2OCCN2CCOCC2)c(Cl)c1. The van der Waals surface area contributed by atoms with E-state index in [4.69, 9.17) is 178 Å². The lowest BCUT2D eigenvalue weighted by Crippen LogP contribution is -2.38. The maximum atomic E-state index is 12.8. The fraction of sp³-hybridized carbons (Fsp3) is 0.304. The van der Waals surface area contributed by atoms with E-state index in [9.17, 15) is 28.8 Å². The third kappa shape index (κ3) is 37.5. The third-order valence-corrected chi connectivity index (χ3v) is 27.1. The second-order valence-corrected chi connectivity index (χ2v) is 40.7. The molecule has 0 radical (unpaired) electrons. The van der Waals surface area contributed by atoms with E-state index in [1.165, 1.54) is 0 Å². The Hall–Kier alpha value is -10.5. The molecule has 0 bridgehead atoms. The average Bonchev–Trinajstić information content (AvgIpc) is 0.847. The summed E-state index contributed by atoms with van der Waals surface area (Å²) in [4.78, 5) is 78.5. The van der Waals surface area contributed by atoms with Gasteiger partial charge < -0.3 is 92.1 Å². The van der Waals surface area contributed by atoms with E-state index in [1.807, 2.05) is 102 Å². The van der Waals surface area contributed by atoms with Gasteiger partial charge in [0.25, 0.3) is 35.4 Å². The molecule has 5 aliphatic rings. The molecule has 788 valence electrons. The molecule has 37 heteroatoms. The summed E-state index contributed by atoms with van der Waals surface area (Å²) in [5.74, 6) is 1.24. The highest BCUT2D eigenvalue weighted by Crippen LogP contribution is 2.38. The molecule has 0 atom stereocenters. The van der Waals surface area contributed by atoms with Crippen molar-refractivity contribution in [1.29, 1.82) is 0 Å². The molecule has 0 aromatic heterocycles. The van der Waals surface area contributed by atoms with Crippen molar-refractivity contribution in [2.75, 3.05) is 137 Å². The minimum Gasteiger partial charge on any atom is -0.491 e. The number of anilines is 6. The third-order valence-electron chi connectivity index (χ3n) is 23.8. The molecular formula is C112H118Cl12N12O13. The van der Waals surface area contributed by atoms with E-state index in [2.05, 4.69) is 58.1 Å². The number of aryl methyl sites for hydroxylation is 6. The van der Waals surface area contributed by atoms with Crippen molar-refractivity contribution in [2.45, 2.75) is 117 Å². The highest BCUT2D eigenvalue weighted by molar-refractivity contribution is 6.38. The van der Waals surface area contributed by atoms with Crippen LogP contribution in [0.2, 0.25) is 60.3 Å². The Morgan fingerprint density at radius 3 is 0.678 bits per heavy atom. The summed E-state index contributed by atoms with van der Waals surface area (Å²) >= 11 is 73.6. The van der Waals surface area contributed by atoms with Crippen LogP contribution in [-0.2, 0) is 4.74 Å². The summed E-state index contributed by atoms with van der Waals surface area (Å²) in [6, 6.07) is 63.1. The van der Waals surface area contributed by atoms with E-state index < -0.39 is 0 Å². The second kappa shape index (κ2) is 59.5. The van der Waals surface area contributed by atoms with Crippen LogP contribution >= 0.6 is 139 Å². The van der Waals surface area contributed by atoms with Gasteiger partial charge in [-0.3, -0.25) is 33.7 Å². The van der Waals surface area contributed by atoms with Crippen LogP contribution in [0.3, 0.4) is 0 Å². The van der Waals surface area contributed by atoms with Gasteiger partial charge in [0.2, 0.25) is 0 Å². The van der Waals surface area contributed by atoms with Crippen molar-refractivity contribution in [2.24, 2.45) is 5.73 Å². The standard InChI is InChI=1S/C20H22Cl2N2O3.4C19H20Cl2N2O2.C16H16Cl2N2O2/c1-14-2-4-18(17(22)12-14)23-20(25)16-13-15(21)3-5-19(16)27-11-8-24-6-9-26-10-7-24;4*1-12-2-4-17(16(21)10-12)23-19(24)15-11-13(20)3-5-18(15)25-14-6-8-22-9-7-14;1-10-2-4-14(13(18)8-10)20-16(21)12-9-11(17)3-5-15(12)22-7-6-19/h2-5,12-13H,6-11H2,1H3,(H,23,25);4*2-5,10-11,14,22H,6-9H2,1H3,(H,23,24);2-5,8-9H,6-7,19H2,1H3,(H,20,21). The Labute approximate surface area is 929 Å². The van der Waals surface area contributed by atoms with Crippen molar-refractivity contribution in [3.8, 4) is 34.5 Å². The number of hydrogen-bond donors (Lipinski definition) is 11. The molecule has 6 amide bonds. The lowest BCUT2D eigenvalue weighted by molar-refractivity contribution is 0.0322. The van der Waals surface area contributed by atoms with Gasteiger partial charge in [-0.1, -0.05) is 176 Å². The maximum absolute atomic E-state index is 12.8. The number of ether oxygens (including phenoxy) is 7. The molecule has 0 unspecified atom stereocenters. The van der Waals surface area contributed by atoms with E-state index in [0.29, 0.717) is 182 Å². The molecular weight excluding hydrogens is 2150 g/mol. The predicted molar refractivity (Wildman–Crippen MR) is 607 cm³/mol. The van der Waals surface area contributed by atoms with E-state index in [0.717, 1.165) is 170 Å². The number of halogens is 12. The number of rotatable bonds is 27. The number of carbonyl (C=O) groups excluding carboxylic acids is 6. The maximum Gasteiger partial charge on any atom is 0.259 e. The molecule has 5 saturated heterocycles. The van der Waals surface area contributed by atoms with Crippen molar-refractivity contribution < 1.29 is 61.9 Å². The van der Waals surface area contributed by atoms with Gasteiger partial charge in [-0.15, -0.1) is 0 Å². The smallest absolute Gasteiger partial charge is 0.259 e. The van der Waals surface area contributed by atoms with Crippen LogP contribution in [-0.4, -0.2) is 170 Å². The summed E-state index contributed by atoms with van der Waals surface area (Å²) < 4.78 is 40.9. The second-order valence-electron chi connectivity index (χ2n) is 35.7. The largest absolute Gasteiger partial charge is 0.491 e. The molecule has 5 heterocycles. The zero-order valence-corrected chi connectivity index (χ0v) is 92.0. The molecule has 5 fully saturated rings. The number of benzene rings is 12. The molecule has 0 saturated carbocycles. The van der Waals surface area contributed by atoms with Crippen LogP contribution in [0.15, 0.2) is 218 Å². The quantitative estimate of drug-likeness (QED) is 0.0228. The average molecular weight is 2270 g/mol. The Kier molecular flexibility index (Phi) is 46.7. The fourth-order valence-electron chi connectivity index (χ4n) is 15.9. The first-order valence-corrected chi connectivity index (χ1v) is 53.2. The van der Waals surface area contributed by atoms with Crippen molar-refractivity contribution in [1.82, 2.24) is 26.2 Å². The minimum atomic E-state index is -0.347. The summed E-state index contributed by atoms with van der Waals surface area (Å²) in [6.07, 6.45) is 7.66. The van der Waals surface area contributed by atoms with Crippen LogP contribution in [0.1, 0.15) is 147 Å². The zero-order chi connectivity index (χ0) is 107. The van der Waals surface area contributed by atoms with Gasteiger partial charge in [0, 0.05) is 56.3 Å². The normalized spacial score (nSPS) is 14.3. The van der Waals surface area contributed by atoms with Crippen LogP contribution in [0.4, 0.5) is 34.1 Å². The number of nitrogens with two attached hydrogens (primary N) is 1. The number of nitrogens with zero attached hydrogens (tertiary/aromatic N) is 1. The number of carbonyl (C=O) groups is 6. The van der Waals surface area contributed by atoms with Gasteiger partial charge >= 0.3 is 0 Å². The minimum absolute atomic E-state index is 0.0944. The summed E-state index contributed by atoms with van der Waals surface area (Å²) in [5.41, 5.74) is 17.2. The Morgan fingerprint density at radius 2 is 0.477 bits per heavy atom. The summed E-state index contributed by atoms with van der Waals surface area (Å²) in [5, 5.41) is 35.9. The molecule has 12 aromatic carbocycles. The lowest BCUT2D eigenvalue weighted by Gasteiger charge is -2.26. The van der Waals surface area contributed by atoms with Gasteiger partial charge in [-0.25, -0.2) is 0 Å². The highest BCUT2D eigenvalue weighted by Gasteiger charge is 2.28. The first kappa shape index (κ1) is 117. The van der Waals surface area contributed by atoms with Crippen LogP contribution in [0.5, 0.6) is 34.5 Å². The molecule has 0 aliphatic carbocycles. The first-order chi connectivity index (χ1) is 71.6. The van der Waals surface area contributed by atoms with Crippen molar-refractivity contribution >= 4 is 209 Å². The molecule has 12 aromatic rings.